The molecular formula is C31H35NO. The summed E-state index contributed by atoms with van der Waals surface area (Å²) in [7, 11) is 0. The minimum absolute atomic E-state index is 0.0632. The molecule has 2 nitrogen and oxygen atoms in total. The van der Waals surface area contributed by atoms with E-state index in [1.54, 1.807) is 22.3 Å². The molecule has 170 valence electrons. The zero-order valence-electron chi connectivity index (χ0n) is 19.8. The first-order valence-electron chi connectivity index (χ1n) is 12.8. The Kier molecular flexibility index (Phi) is 5.60. The van der Waals surface area contributed by atoms with Gasteiger partial charge in [-0.2, -0.15) is 0 Å². The number of rotatable bonds is 4. The van der Waals surface area contributed by atoms with Crippen LogP contribution in [0.15, 0.2) is 72.8 Å². The zero-order valence-corrected chi connectivity index (χ0v) is 19.8. The second-order valence-electron chi connectivity index (χ2n) is 10.4. The van der Waals surface area contributed by atoms with Crippen LogP contribution in [0.5, 0.6) is 0 Å². The molecule has 2 aliphatic heterocycles. The van der Waals surface area contributed by atoms with Crippen molar-refractivity contribution in [1.82, 2.24) is 4.90 Å². The molecule has 0 saturated carbocycles. The molecule has 1 fully saturated rings. The monoisotopic (exact) mass is 437 g/mol. The van der Waals surface area contributed by atoms with Crippen molar-refractivity contribution in [1.29, 1.82) is 0 Å². The van der Waals surface area contributed by atoms with E-state index in [9.17, 15) is 0 Å². The number of ether oxygens (including phenoxy) is 1. The molecule has 1 saturated heterocycles. The fourth-order valence-corrected chi connectivity index (χ4v) is 6.83. The zero-order chi connectivity index (χ0) is 22.3. The maximum Gasteiger partial charge on any atom is 0.0989 e. The van der Waals surface area contributed by atoms with Gasteiger partial charge in [0.25, 0.3) is 0 Å². The van der Waals surface area contributed by atoms with E-state index in [0.717, 1.165) is 39.0 Å². The first kappa shape index (κ1) is 21.1. The number of piperidine rings is 1. The maximum atomic E-state index is 6.48. The molecule has 0 radical (unpaired) electrons. The average molecular weight is 438 g/mol. The van der Waals surface area contributed by atoms with Crippen molar-refractivity contribution in [2.75, 3.05) is 19.6 Å². The molecule has 33 heavy (non-hydrogen) atoms. The van der Waals surface area contributed by atoms with Crippen molar-refractivity contribution >= 4 is 0 Å². The van der Waals surface area contributed by atoms with Crippen molar-refractivity contribution in [3.8, 4) is 0 Å². The van der Waals surface area contributed by atoms with Crippen LogP contribution in [0.2, 0.25) is 0 Å². The largest absolute Gasteiger partial charge is 0.365 e. The predicted octanol–water partition coefficient (Wildman–Crippen LogP) is 6.46. The Hall–Kier alpha value is -2.42. The van der Waals surface area contributed by atoms with Gasteiger partial charge in [-0.1, -0.05) is 79.7 Å². The molecule has 0 amide bonds. The molecule has 2 atom stereocenters. The quantitative estimate of drug-likeness (QED) is 0.464. The fraction of sp³-hybridized carbons (Fsp3) is 0.419. The van der Waals surface area contributed by atoms with Gasteiger partial charge in [0.2, 0.25) is 0 Å². The van der Waals surface area contributed by atoms with Crippen molar-refractivity contribution in [3.63, 3.8) is 0 Å². The highest BCUT2D eigenvalue weighted by Gasteiger charge is 2.47. The lowest BCUT2D eigenvalue weighted by Gasteiger charge is -2.44. The van der Waals surface area contributed by atoms with Crippen molar-refractivity contribution < 1.29 is 4.74 Å². The van der Waals surface area contributed by atoms with E-state index in [-0.39, 0.29) is 5.60 Å². The highest BCUT2D eigenvalue weighted by molar-refractivity contribution is 5.44. The molecule has 2 heterocycles. The van der Waals surface area contributed by atoms with E-state index in [1.165, 1.54) is 30.5 Å². The smallest absolute Gasteiger partial charge is 0.0989 e. The highest BCUT2D eigenvalue weighted by atomic mass is 16.5. The number of nitrogens with zero attached hydrogens (tertiary/aromatic N) is 1. The van der Waals surface area contributed by atoms with Gasteiger partial charge in [-0.15, -0.1) is 0 Å². The summed E-state index contributed by atoms with van der Waals surface area (Å²) in [5, 5.41) is 0. The third-order valence-electron chi connectivity index (χ3n) is 8.58. The van der Waals surface area contributed by atoms with Gasteiger partial charge in [-0.05, 0) is 72.0 Å². The molecule has 0 bridgehead atoms. The van der Waals surface area contributed by atoms with Crippen LogP contribution in [0.4, 0.5) is 0 Å². The molecule has 1 aliphatic carbocycles. The first-order valence-corrected chi connectivity index (χ1v) is 12.8. The SMILES string of the molecule is CC1CN(CCCC2c3ccccc3CCc3ccccc32)CCC12OCc1ccccc12. The minimum Gasteiger partial charge on any atom is -0.365 e. The Morgan fingerprint density at radius 2 is 1.48 bits per heavy atom. The lowest BCUT2D eigenvalue weighted by Crippen LogP contribution is -2.49. The van der Waals surface area contributed by atoms with Crippen LogP contribution in [0.25, 0.3) is 0 Å². The molecule has 1 spiro atoms. The van der Waals surface area contributed by atoms with E-state index in [1.807, 2.05) is 0 Å². The Bertz CT molecular complexity index is 1090. The summed E-state index contributed by atoms with van der Waals surface area (Å²) in [4.78, 5) is 2.69. The molecular weight excluding hydrogens is 402 g/mol. The number of hydrogen-bond donors (Lipinski definition) is 0. The van der Waals surface area contributed by atoms with E-state index in [4.69, 9.17) is 4.74 Å². The fourth-order valence-electron chi connectivity index (χ4n) is 6.83. The van der Waals surface area contributed by atoms with Gasteiger partial charge >= 0.3 is 0 Å². The first-order chi connectivity index (χ1) is 16.2. The van der Waals surface area contributed by atoms with E-state index >= 15 is 0 Å². The van der Waals surface area contributed by atoms with Crippen LogP contribution in [-0.4, -0.2) is 24.5 Å². The average Bonchev–Trinajstić information content (AvgIpc) is 3.15. The van der Waals surface area contributed by atoms with Gasteiger partial charge in [0.1, 0.15) is 0 Å². The number of fused-ring (bicyclic) bond motifs is 4. The molecule has 3 aliphatic rings. The molecule has 0 N–H and O–H groups in total. The van der Waals surface area contributed by atoms with Gasteiger partial charge in [-0.3, -0.25) is 0 Å². The van der Waals surface area contributed by atoms with E-state index in [0.29, 0.717) is 11.8 Å². The molecule has 3 aromatic carbocycles. The topological polar surface area (TPSA) is 12.5 Å². The van der Waals surface area contributed by atoms with Crippen LogP contribution in [-0.2, 0) is 29.8 Å². The minimum atomic E-state index is -0.0632. The predicted molar refractivity (Wildman–Crippen MR) is 134 cm³/mol. The number of likely N-dealkylation sites (tertiary alicyclic amines) is 1. The number of benzene rings is 3. The Labute approximate surface area is 198 Å². The molecule has 2 heteroatoms. The van der Waals surface area contributed by atoms with Crippen molar-refractivity contribution in [3.05, 3.63) is 106 Å². The number of hydrogen-bond acceptors (Lipinski definition) is 2. The standard InChI is InChI=1S/C31H35NO/c1-23-21-32(20-18-31(23)30-15-7-4-11-26(30)22-33-31)19-8-14-29-27-12-5-2-9-24(27)16-17-25-10-3-6-13-28(25)29/h2-7,9-13,15,23,29H,8,14,16-22H2,1H3. The van der Waals surface area contributed by atoms with Crippen LogP contribution in [0.3, 0.4) is 0 Å². The van der Waals surface area contributed by atoms with Crippen LogP contribution < -0.4 is 0 Å². The third-order valence-corrected chi connectivity index (χ3v) is 8.58. The normalized spacial score (nSPS) is 24.8. The Morgan fingerprint density at radius 1 is 0.848 bits per heavy atom. The lowest BCUT2D eigenvalue weighted by molar-refractivity contribution is -0.115. The van der Waals surface area contributed by atoms with Gasteiger partial charge in [0, 0.05) is 24.9 Å². The van der Waals surface area contributed by atoms with Gasteiger partial charge in [0.05, 0.1) is 12.2 Å². The molecule has 0 aromatic heterocycles. The van der Waals surface area contributed by atoms with E-state index in [2.05, 4.69) is 84.6 Å². The number of aryl methyl sites for hydroxylation is 2. The van der Waals surface area contributed by atoms with Crippen LogP contribution in [0, 0.1) is 5.92 Å². The maximum absolute atomic E-state index is 6.48. The summed E-state index contributed by atoms with van der Waals surface area (Å²) in [5.74, 6) is 1.05. The van der Waals surface area contributed by atoms with Gasteiger partial charge in [0.15, 0.2) is 0 Å². The Balaban J connectivity index is 1.14. The second-order valence-corrected chi connectivity index (χ2v) is 10.4. The van der Waals surface area contributed by atoms with Crippen LogP contribution >= 0.6 is 0 Å². The van der Waals surface area contributed by atoms with Crippen LogP contribution in [0.1, 0.15) is 65.5 Å². The third kappa shape index (κ3) is 3.74. The summed E-state index contributed by atoms with van der Waals surface area (Å²) in [6, 6.07) is 27.2. The summed E-state index contributed by atoms with van der Waals surface area (Å²) in [6.07, 6.45) is 5.90. The summed E-state index contributed by atoms with van der Waals surface area (Å²) in [6.45, 7) is 6.62. The highest BCUT2D eigenvalue weighted by Crippen LogP contribution is 2.47. The van der Waals surface area contributed by atoms with E-state index < -0.39 is 0 Å². The van der Waals surface area contributed by atoms with Gasteiger partial charge in [-0.25, -0.2) is 0 Å². The lowest BCUT2D eigenvalue weighted by atomic mass is 9.76. The second kappa shape index (κ2) is 8.74. The summed E-state index contributed by atoms with van der Waals surface area (Å²) < 4.78 is 6.48. The summed E-state index contributed by atoms with van der Waals surface area (Å²) >= 11 is 0. The molecule has 2 unspecified atom stereocenters. The Morgan fingerprint density at radius 3 is 2.18 bits per heavy atom. The van der Waals surface area contributed by atoms with Crippen molar-refractivity contribution in [2.45, 2.75) is 57.2 Å². The van der Waals surface area contributed by atoms with Crippen molar-refractivity contribution in [2.24, 2.45) is 5.92 Å². The summed E-state index contributed by atoms with van der Waals surface area (Å²) in [5.41, 5.74) is 8.99. The van der Waals surface area contributed by atoms with Gasteiger partial charge < -0.3 is 9.64 Å². The molecule has 3 aromatic rings. The molecule has 6 rings (SSSR count).